The smallest absolute Gasteiger partial charge is 0.244 e. The lowest BCUT2D eigenvalue weighted by Crippen LogP contribution is -2.47. The van der Waals surface area contributed by atoms with Gasteiger partial charge in [-0.2, -0.15) is 0 Å². The van der Waals surface area contributed by atoms with Gasteiger partial charge in [0.25, 0.3) is 0 Å². The molecule has 0 radical (unpaired) electrons. The summed E-state index contributed by atoms with van der Waals surface area (Å²) in [6, 6.07) is 5.91. The third-order valence-corrected chi connectivity index (χ3v) is 4.35. The number of hydrogen-bond acceptors (Lipinski definition) is 4. The molecule has 3 rings (SSSR count). The molecule has 22 heavy (non-hydrogen) atoms. The highest BCUT2D eigenvalue weighted by Crippen LogP contribution is 2.26. The highest BCUT2D eigenvalue weighted by Gasteiger charge is 2.35. The number of likely N-dealkylation sites (tertiary alicyclic amines) is 1. The Balaban J connectivity index is 1.86. The first-order valence-electron chi connectivity index (χ1n) is 7.77. The van der Waals surface area contributed by atoms with Gasteiger partial charge >= 0.3 is 0 Å². The summed E-state index contributed by atoms with van der Waals surface area (Å²) in [5.74, 6) is -0.304. The van der Waals surface area contributed by atoms with Gasteiger partial charge in [0.15, 0.2) is 0 Å². The molecule has 1 amide bonds. The van der Waals surface area contributed by atoms with Crippen molar-refractivity contribution in [2.45, 2.75) is 18.5 Å². The van der Waals surface area contributed by atoms with E-state index in [1.54, 1.807) is 11.0 Å². The summed E-state index contributed by atoms with van der Waals surface area (Å²) in [5.41, 5.74) is 6.62. The molecule has 120 valence electrons. The number of nitrogens with two attached hydrogens (primary N) is 1. The Morgan fingerprint density at radius 3 is 2.73 bits per heavy atom. The molecule has 2 saturated heterocycles. The number of hydrogen-bond donors (Lipinski definition) is 1. The van der Waals surface area contributed by atoms with Crippen LogP contribution in [0.25, 0.3) is 0 Å². The van der Waals surface area contributed by atoms with E-state index in [-0.39, 0.29) is 17.8 Å². The molecule has 2 N–H and O–H groups in total. The van der Waals surface area contributed by atoms with E-state index >= 15 is 0 Å². The lowest BCUT2D eigenvalue weighted by atomic mass is 10.0. The van der Waals surface area contributed by atoms with Crippen molar-refractivity contribution in [1.29, 1.82) is 0 Å². The molecule has 6 heteroatoms. The third-order valence-electron chi connectivity index (χ3n) is 4.35. The van der Waals surface area contributed by atoms with Crippen molar-refractivity contribution in [3.8, 4) is 0 Å². The SMILES string of the molecule is N[C@H]1CCN(C(=O)[C@H](c2cccc(F)c2)N2CCOCC2)C1. The van der Waals surface area contributed by atoms with E-state index in [9.17, 15) is 9.18 Å². The average molecular weight is 307 g/mol. The first-order valence-corrected chi connectivity index (χ1v) is 7.77. The first-order chi connectivity index (χ1) is 10.6. The zero-order valence-corrected chi connectivity index (χ0v) is 12.6. The molecule has 0 unspecified atom stereocenters. The van der Waals surface area contributed by atoms with Crippen molar-refractivity contribution in [3.05, 3.63) is 35.6 Å². The molecule has 2 fully saturated rings. The summed E-state index contributed by atoms with van der Waals surface area (Å²) in [7, 11) is 0. The summed E-state index contributed by atoms with van der Waals surface area (Å²) in [6.45, 7) is 3.79. The van der Waals surface area contributed by atoms with Crippen LogP contribution in [0.3, 0.4) is 0 Å². The van der Waals surface area contributed by atoms with Crippen LogP contribution in [0.4, 0.5) is 4.39 Å². The normalized spacial score (nSPS) is 24.5. The summed E-state index contributed by atoms with van der Waals surface area (Å²) < 4.78 is 19.0. The van der Waals surface area contributed by atoms with Crippen LogP contribution < -0.4 is 5.73 Å². The molecule has 0 aromatic heterocycles. The molecular formula is C16H22FN3O2. The maximum atomic E-state index is 13.6. The first kappa shape index (κ1) is 15.4. The minimum absolute atomic E-state index is 0.0143. The summed E-state index contributed by atoms with van der Waals surface area (Å²) in [5, 5.41) is 0. The Labute approximate surface area is 129 Å². The fourth-order valence-electron chi connectivity index (χ4n) is 3.18. The number of benzene rings is 1. The van der Waals surface area contributed by atoms with E-state index in [1.807, 2.05) is 6.07 Å². The van der Waals surface area contributed by atoms with Gasteiger partial charge in [0.05, 0.1) is 13.2 Å². The van der Waals surface area contributed by atoms with Crippen molar-refractivity contribution >= 4 is 5.91 Å². The molecule has 0 aliphatic carbocycles. The Bertz CT molecular complexity index is 534. The average Bonchev–Trinajstić information content (AvgIpc) is 2.95. The second-order valence-electron chi connectivity index (χ2n) is 5.94. The van der Waals surface area contributed by atoms with Crippen LogP contribution in [0.15, 0.2) is 24.3 Å². The second-order valence-corrected chi connectivity index (χ2v) is 5.94. The Kier molecular flexibility index (Phi) is 4.71. The van der Waals surface area contributed by atoms with E-state index in [1.165, 1.54) is 12.1 Å². The van der Waals surface area contributed by atoms with Gasteiger partial charge in [-0.15, -0.1) is 0 Å². The fourth-order valence-corrected chi connectivity index (χ4v) is 3.18. The van der Waals surface area contributed by atoms with E-state index in [0.717, 1.165) is 6.42 Å². The van der Waals surface area contributed by atoms with Crippen LogP contribution in [-0.2, 0) is 9.53 Å². The number of halogens is 1. The van der Waals surface area contributed by atoms with Gasteiger partial charge in [0.1, 0.15) is 11.9 Å². The second kappa shape index (κ2) is 6.73. The lowest BCUT2D eigenvalue weighted by Gasteiger charge is -2.35. The highest BCUT2D eigenvalue weighted by molar-refractivity contribution is 5.83. The Hall–Kier alpha value is -1.50. The number of nitrogens with zero attached hydrogens (tertiary/aromatic N) is 2. The molecule has 0 bridgehead atoms. The van der Waals surface area contributed by atoms with Gasteiger partial charge in [0, 0.05) is 32.2 Å². The minimum atomic E-state index is -0.454. The van der Waals surface area contributed by atoms with Crippen LogP contribution in [0, 0.1) is 5.82 Å². The van der Waals surface area contributed by atoms with E-state index in [2.05, 4.69) is 4.90 Å². The molecule has 2 aliphatic rings. The molecule has 2 aliphatic heterocycles. The van der Waals surface area contributed by atoms with Gasteiger partial charge in [-0.25, -0.2) is 4.39 Å². The van der Waals surface area contributed by atoms with Crippen molar-refractivity contribution in [1.82, 2.24) is 9.80 Å². The zero-order valence-electron chi connectivity index (χ0n) is 12.6. The van der Waals surface area contributed by atoms with Gasteiger partial charge in [-0.3, -0.25) is 9.69 Å². The Morgan fingerprint density at radius 2 is 2.09 bits per heavy atom. The molecular weight excluding hydrogens is 285 g/mol. The fraction of sp³-hybridized carbons (Fsp3) is 0.562. The van der Waals surface area contributed by atoms with Crippen LogP contribution in [0.5, 0.6) is 0 Å². The predicted molar refractivity (Wildman–Crippen MR) is 80.7 cm³/mol. The molecule has 2 atom stereocenters. The van der Waals surface area contributed by atoms with E-state index in [4.69, 9.17) is 10.5 Å². The van der Waals surface area contributed by atoms with Crippen molar-refractivity contribution in [2.24, 2.45) is 5.73 Å². The third kappa shape index (κ3) is 3.29. The summed E-state index contributed by atoms with van der Waals surface area (Å²) in [6.07, 6.45) is 0.824. The summed E-state index contributed by atoms with van der Waals surface area (Å²) in [4.78, 5) is 16.8. The number of carbonyl (C=O) groups excluding carboxylic acids is 1. The molecule has 1 aromatic carbocycles. The Morgan fingerprint density at radius 1 is 1.32 bits per heavy atom. The topological polar surface area (TPSA) is 58.8 Å². The number of rotatable bonds is 3. The molecule has 0 saturated carbocycles. The van der Waals surface area contributed by atoms with Crippen molar-refractivity contribution in [2.75, 3.05) is 39.4 Å². The lowest BCUT2D eigenvalue weighted by molar-refractivity contribution is -0.138. The minimum Gasteiger partial charge on any atom is -0.379 e. The number of morpholine rings is 1. The largest absolute Gasteiger partial charge is 0.379 e. The van der Waals surface area contributed by atoms with Gasteiger partial charge < -0.3 is 15.4 Å². The van der Waals surface area contributed by atoms with Gasteiger partial charge in [-0.05, 0) is 24.1 Å². The van der Waals surface area contributed by atoms with Crippen LogP contribution in [0.1, 0.15) is 18.0 Å². The van der Waals surface area contributed by atoms with Gasteiger partial charge in [0.2, 0.25) is 5.91 Å². The maximum absolute atomic E-state index is 13.6. The molecule has 1 aromatic rings. The summed E-state index contributed by atoms with van der Waals surface area (Å²) >= 11 is 0. The molecule has 5 nitrogen and oxygen atoms in total. The maximum Gasteiger partial charge on any atom is 0.244 e. The monoisotopic (exact) mass is 307 g/mol. The predicted octanol–water partition coefficient (Wildman–Crippen LogP) is 0.759. The zero-order chi connectivity index (χ0) is 15.5. The van der Waals surface area contributed by atoms with Gasteiger partial charge in [-0.1, -0.05) is 12.1 Å². The van der Waals surface area contributed by atoms with Crippen LogP contribution in [0.2, 0.25) is 0 Å². The van der Waals surface area contributed by atoms with E-state index < -0.39 is 6.04 Å². The number of ether oxygens (including phenoxy) is 1. The van der Waals surface area contributed by atoms with Crippen LogP contribution in [-0.4, -0.2) is 61.1 Å². The van der Waals surface area contributed by atoms with Crippen molar-refractivity contribution < 1.29 is 13.9 Å². The van der Waals surface area contributed by atoms with Crippen molar-refractivity contribution in [3.63, 3.8) is 0 Å². The van der Waals surface area contributed by atoms with Crippen LogP contribution >= 0.6 is 0 Å². The quantitative estimate of drug-likeness (QED) is 0.896. The standard InChI is InChI=1S/C16H22FN3O2/c17-13-3-1-2-12(10-13)15(19-6-8-22-9-7-19)16(21)20-5-4-14(18)11-20/h1-3,10,14-15H,4-9,11,18H2/t14-,15-/m0/s1. The number of carbonyl (C=O) groups is 1. The molecule has 2 heterocycles. The van der Waals surface area contributed by atoms with E-state index in [0.29, 0.717) is 45.0 Å². The molecule has 0 spiro atoms. The highest BCUT2D eigenvalue weighted by atomic mass is 19.1. The number of amides is 1.